The third kappa shape index (κ3) is 4.15. The molecule has 0 aliphatic carbocycles. The Hall–Kier alpha value is -2.92. The Balaban J connectivity index is 2.18. The molecular formula is C22H22ClN3O2. The Morgan fingerprint density at radius 3 is 2.57 bits per heavy atom. The molecule has 0 bridgehead atoms. The first-order chi connectivity index (χ1) is 13.5. The normalized spacial score (nSPS) is 10.7. The zero-order chi connectivity index (χ0) is 20.1. The number of hydrogen-bond acceptors (Lipinski definition) is 3. The lowest BCUT2D eigenvalue weighted by Crippen LogP contribution is -2.27. The van der Waals surface area contributed by atoms with Crippen molar-refractivity contribution in [2.45, 2.75) is 33.2 Å². The summed E-state index contributed by atoms with van der Waals surface area (Å²) in [5.74, 6) is -0.477. The summed E-state index contributed by atoms with van der Waals surface area (Å²) < 4.78 is 2.03. The lowest BCUT2D eigenvalue weighted by molar-refractivity contribution is 0.102. The van der Waals surface area contributed by atoms with Crippen LogP contribution in [0.25, 0.3) is 11.3 Å². The molecule has 0 spiro atoms. The maximum Gasteiger partial charge on any atom is 0.261 e. The van der Waals surface area contributed by atoms with Crippen molar-refractivity contribution in [1.82, 2.24) is 9.55 Å². The van der Waals surface area contributed by atoms with Crippen molar-refractivity contribution in [2.75, 3.05) is 5.32 Å². The van der Waals surface area contributed by atoms with E-state index in [-0.39, 0.29) is 11.0 Å². The number of para-hydroxylation sites is 1. The Kier molecular flexibility index (Phi) is 6.26. The second-order valence-corrected chi connectivity index (χ2v) is 6.96. The average molecular weight is 396 g/mol. The van der Waals surface area contributed by atoms with E-state index in [2.05, 4.69) is 17.2 Å². The number of carbonyl (C=O) groups is 1. The van der Waals surface area contributed by atoms with E-state index >= 15 is 0 Å². The summed E-state index contributed by atoms with van der Waals surface area (Å²) >= 11 is 6.17. The van der Waals surface area contributed by atoms with Gasteiger partial charge in [-0.1, -0.05) is 37.1 Å². The minimum Gasteiger partial charge on any atom is -0.344 e. The summed E-state index contributed by atoms with van der Waals surface area (Å²) in [6, 6.07) is 12.1. The summed E-state index contributed by atoms with van der Waals surface area (Å²) in [7, 11) is 0. The molecule has 0 saturated carbocycles. The lowest BCUT2D eigenvalue weighted by Gasteiger charge is -2.20. The van der Waals surface area contributed by atoms with E-state index in [1.807, 2.05) is 23.6 Å². The van der Waals surface area contributed by atoms with E-state index in [1.165, 1.54) is 6.07 Å². The van der Waals surface area contributed by atoms with Crippen molar-refractivity contribution in [3.05, 3.63) is 81.4 Å². The highest BCUT2D eigenvalue weighted by Gasteiger charge is 2.22. The van der Waals surface area contributed by atoms with E-state index in [0.717, 1.165) is 24.1 Å². The fourth-order valence-electron chi connectivity index (χ4n) is 3.15. The van der Waals surface area contributed by atoms with Gasteiger partial charge in [0, 0.05) is 36.3 Å². The van der Waals surface area contributed by atoms with Crippen molar-refractivity contribution in [3.63, 3.8) is 0 Å². The van der Waals surface area contributed by atoms with E-state index in [1.54, 1.807) is 36.7 Å². The highest BCUT2D eigenvalue weighted by molar-refractivity contribution is 6.34. The Morgan fingerprint density at radius 1 is 1.18 bits per heavy atom. The molecule has 0 aliphatic heterocycles. The Morgan fingerprint density at radius 2 is 1.89 bits per heavy atom. The van der Waals surface area contributed by atoms with E-state index in [0.29, 0.717) is 22.9 Å². The average Bonchev–Trinajstić information content (AvgIpc) is 2.69. The molecule has 0 atom stereocenters. The van der Waals surface area contributed by atoms with Crippen LogP contribution in [0.1, 0.15) is 35.8 Å². The number of nitrogens with zero attached hydrogens (tertiary/aromatic N) is 2. The number of aryl methyl sites for hydroxylation is 1. The number of hydrogen-bond donors (Lipinski definition) is 1. The number of benzene rings is 1. The molecule has 0 radical (unpaired) electrons. The smallest absolute Gasteiger partial charge is 0.261 e. The third-order valence-corrected chi connectivity index (χ3v) is 4.89. The van der Waals surface area contributed by atoms with Gasteiger partial charge in [-0.15, -0.1) is 0 Å². The number of rotatable bonds is 6. The standard InChI is InChI=1S/C22H22ClN3O2/c1-3-4-13-26-15(2)14-19(27)20(21(26)16-9-11-24-12-10-16)22(28)25-18-8-6-5-7-17(18)23/h5-12,14H,3-4,13H2,1-2H3,(H,25,28). The van der Waals surface area contributed by atoms with Crippen LogP contribution in [-0.2, 0) is 6.54 Å². The maximum atomic E-state index is 13.1. The molecule has 0 fully saturated rings. The third-order valence-electron chi connectivity index (χ3n) is 4.56. The first-order valence-corrected chi connectivity index (χ1v) is 9.61. The van der Waals surface area contributed by atoms with Crippen LogP contribution in [0.15, 0.2) is 59.7 Å². The van der Waals surface area contributed by atoms with Crippen LogP contribution in [0, 0.1) is 6.92 Å². The zero-order valence-corrected chi connectivity index (χ0v) is 16.7. The quantitative estimate of drug-likeness (QED) is 0.644. The number of unbranched alkanes of at least 4 members (excludes halogenated alkanes) is 1. The van der Waals surface area contributed by atoms with Crippen LogP contribution in [0.4, 0.5) is 5.69 Å². The maximum absolute atomic E-state index is 13.1. The van der Waals surface area contributed by atoms with Gasteiger partial charge >= 0.3 is 0 Å². The molecule has 0 unspecified atom stereocenters. The van der Waals surface area contributed by atoms with Crippen LogP contribution in [0.3, 0.4) is 0 Å². The molecule has 0 aliphatic rings. The second kappa shape index (κ2) is 8.85. The minimum atomic E-state index is -0.477. The van der Waals surface area contributed by atoms with Crippen LogP contribution in [0.2, 0.25) is 5.02 Å². The van der Waals surface area contributed by atoms with E-state index in [9.17, 15) is 9.59 Å². The molecule has 0 saturated heterocycles. The van der Waals surface area contributed by atoms with Gasteiger partial charge < -0.3 is 9.88 Å². The predicted octanol–water partition coefficient (Wildman–Crippen LogP) is 4.92. The van der Waals surface area contributed by atoms with Crippen LogP contribution >= 0.6 is 11.6 Å². The summed E-state index contributed by atoms with van der Waals surface area (Å²) in [5.41, 5.74) is 2.45. The number of anilines is 1. The Labute approximate surface area is 169 Å². The van der Waals surface area contributed by atoms with Gasteiger partial charge in [-0.3, -0.25) is 14.6 Å². The highest BCUT2D eigenvalue weighted by atomic mass is 35.5. The largest absolute Gasteiger partial charge is 0.344 e. The summed E-state index contributed by atoms with van der Waals surface area (Å²) in [6.45, 7) is 4.71. The van der Waals surface area contributed by atoms with Crippen LogP contribution in [0.5, 0.6) is 0 Å². The SMILES string of the molecule is CCCCn1c(C)cc(=O)c(C(=O)Nc2ccccc2Cl)c1-c1ccncc1. The van der Waals surface area contributed by atoms with Gasteiger partial charge in [0.05, 0.1) is 16.4 Å². The lowest BCUT2D eigenvalue weighted by atomic mass is 10.0. The van der Waals surface area contributed by atoms with E-state index in [4.69, 9.17) is 11.6 Å². The fraction of sp³-hybridized carbons (Fsp3) is 0.227. The van der Waals surface area contributed by atoms with Gasteiger partial charge in [-0.05, 0) is 37.6 Å². The number of nitrogens with one attached hydrogen (secondary N) is 1. The number of pyridine rings is 2. The van der Waals surface area contributed by atoms with Crippen molar-refractivity contribution >= 4 is 23.2 Å². The first kappa shape index (κ1) is 19.8. The number of halogens is 1. The van der Waals surface area contributed by atoms with Crippen molar-refractivity contribution in [2.24, 2.45) is 0 Å². The first-order valence-electron chi connectivity index (χ1n) is 9.23. The zero-order valence-electron chi connectivity index (χ0n) is 15.9. The van der Waals surface area contributed by atoms with Gasteiger partial charge in [-0.25, -0.2) is 0 Å². The molecule has 1 aromatic carbocycles. The number of aromatic nitrogens is 2. The molecule has 1 amide bonds. The Bertz CT molecular complexity index is 1050. The highest BCUT2D eigenvalue weighted by Crippen LogP contribution is 2.26. The molecule has 3 aromatic rings. The topological polar surface area (TPSA) is 64.0 Å². The van der Waals surface area contributed by atoms with Gasteiger partial charge in [-0.2, -0.15) is 0 Å². The van der Waals surface area contributed by atoms with E-state index < -0.39 is 5.91 Å². The molecule has 28 heavy (non-hydrogen) atoms. The van der Waals surface area contributed by atoms with Crippen molar-refractivity contribution in [3.8, 4) is 11.3 Å². The van der Waals surface area contributed by atoms with Gasteiger partial charge in [0.15, 0.2) is 5.43 Å². The monoisotopic (exact) mass is 395 g/mol. The second-order valence-electron chi connectivity index (χ2n) is 6.55. The fourth-order valence-corrected chi connectivity index (χ4v) is 3.33. The minimum absolute atomic E-state index is 0.104. The van der Waals surface area contributed by atoms with Crippen molar-refractivity contribution in [1.29, 1.82) is 0 Å². The molecule has 144 valence electrons. The molecule has 6 heteroatoms. The van der Waals surface area contributed by atoms with Gasteiger partial charge in [0.1, 0.15) is 5.56 Å². The summed E-state index contributed by atoms with van der Waals surface area (Å²) in [6.07, 6.45) is 5.25. The summed E-state index contributed by atoms with van der Waals surface area (Å²) in [5, 5.41) is 3.20. The van der Waals surface area contributed by atoms with Crippen molar-refractivity contribution < 1.29 is 4.79 Å². The number of amides is 1. The molecule has 2 heterocycles. The molecule has 1 N–H and O–H groups in total. The molecule has 3 rings (SSSR count). The van der Waals surface area contributed by atoms with Crippen LogP contribution in [-0.4, -0.2) is 15.5 Å². The molecule has 2 aromatic heterocycles. The predicted molar refractivity (Wildman–Crippen MR) is 113 cm³/mol. The number of carbonyl (C=O) groups excluding carboxylic acids is 1. The molecule has 5 nitrogen and oxygen atoms in total. The summed E-state index contributed by atoms with van der Waals surface area (Å²) in [4.78, 5) is 30.0. The van der Waals surface area contributed by atoms with Gasteiger partial charge in [0.2, 0.25) is 0 Å². The van der Waals surface area contributed by atoms with Crippen LogP contribution < -0.4 is 10.7 Å². The van der Waals surface area contributed by atoms with Gasteiger partial charge in [0.25, 0.3) is 5.91 Å². The molecular weight excluding hydrogens is 374 g/mol.